The fourth-order valence-corrected chi connectivity index (χ4v) is 1.76. The molecule has 2 N–H and O–H groups in total. The molecule has 2 rings (SSSR count). The molecule has 1 fully saturated rings. The Labute approximate surface area is 121 Å². The minimum absolute atomic E-state index is 0.00722. The number of rotatable bonds is 3. The van der Waals surface area contributed by atoms with E-state index in [9.17, 15) is 31.1 Å². The molecule has 0 bridgehead atoms. The van der Waals surface area contributed by atoms with Gasteiger partial charge in [-0.1, -0.05) is 0 Å². The summed E-state index contributed by atoms with van der Waals surface area (Å²) in [7, 11) is 0. The highest BCUT2D eigenvalue weighted by Gasteiger charge is 2.37. The van der Waals surface area contributed by atoms with Gasteiger partial charge in [0, 0.05) is 12.2 Å². The van der Waals surface area contributed by atoms with Gasteiger partial charge in [0.15, 0.2) is 0 Å². The molecule has 122 valence electrons. The van der Waals surface area contributed by atoms with Crippen molar-refractivity contribution in [1.82, 2.24) is 5.32 Å². The van der Waals surface area contributed by atoms with Crippen LogP contribution in [0.4, 0.5) is 36.8 Å². The van der Waals surface area contributed by atoms with Crippen LogP contribution in [-0.2, 0) is 12.4 Å². The third kappa shape index (κ3) is 4.54. The van der Waals surface area contributed by atoms with E-state index >= 15 is 0 Å². The van der Waals surface area contributed by atoms with E-state index in [0.717, 1.165) is 12.8 Å². The number of hydrogen-bond donors (Lipinski definition) is 2. The molecule has 0 aromatic heterocycles. The van der Waals surface area contributed by atoms with Crippen molar-refractivity contribution in [2.24, 2.45) is 5.92 Å². The highest BCUT2D eigenvalue weighted by atomic mass is 19.4. The molecule has 0 spiro atoms. The Morgan fingerprint density at radius 3 is 1.91 bits per heavy atom. The average molecular weight is 326 g/mol. The van der Waals surface area contributed by atoms with Crippen molar-refractivity contribution in [2.45, 2.75) is 25.2 Å². The molecule has 0 aliphatic heterocycles. The fourth-order valence-electron chi connectivity index (χ4n) is 1.76. The van der Waals surface area contributed by atoms with Crippen LogP contribution in [0.2, 0.25) is 0 Å². The predicted molar refractivity (Wildman–Crippen MR) is 66.2 cm³/mol. The normalized spacial score (nSPS) is 15.5. The summed E-state index contributed by atoms with van der Waals surface area (Å²) in [6, 6.07) is 0.102. The average Bonchev–Trinajstić information content (AvgIpc) is 3.18. The van der Waals surface area contributed by atoms with Crippen LogP contribution in [0.3, 0.4) is 0 Å². The minimum Gasteiger partial charge on any atom is -0.338 e. The Bertz CT molecular complexity index is 530. The second-order valence-electron chi connectivity index (χ2n) is 5.07. The number of carbonyl (C=O) groups excluding carboxylic acids is 1. The molecule has 3 nitrogen and oxygen atoms in total. The van der Waals surface area contributed by atoms with Crippen LogP contribution in [0.5, 0.6) is 0 Å². The van der Waals surface area contributed by atoms with Gasteiger partial charge in [0.05, 0.1) is 11.1 Å². The van der Waals surface area contributed by atoms with Crippen LogP contribution >= 0.6 is 0 Å². The summed E-state index contributed by atoms with van der Waals surface area (Å²) in [5.41, 5.74) is -3.50. The zero-order valence-corrected chi connectivity index (χ0v) is 11.1. The molecular formula is C13H12F6N2O. The highest BCUT2D eigenvalue weighted by Crippen LogP contribution is 2.37. The number of carbonyl (C=O) groups is 1. The Balaban J connectivity index is 2.19. The van der Waals surface area contributed by atoms with E-state index in [1.165, 1.54) is 0 Å². The third-order valence-electron chi connectivity index (χ3n) is 3.09. The maximum Gasteiger partial charge on any atom is 0.416 e. The van der Waals surface area contributed by atoms with Crippen LogP contribution < -0.4 is 10.6 Å². The Morgan fingerprint density at radius 1 is 1.00 bits per heavy atom. The van der Waals surface area contributed by atoms with Crippen LogP contribution in [0.25, 0.3) is 0 Å². The number of amides is 2. The molecule has 1 aliphatic rings. The van der Waals surface area contributed by atoms with Gasteiger partial charge in [-0.15, -0.1) is 0 Å². The van der Waals surface area contributed by atoms with Gasteiger partial charge < -0.3 is 10.6 Å². The molecule has 22 heavy (non-hydrogen) atoms. The molecule has 0 atom stereocenters. The fraction of sp³-hybridized carbons (Fsp3) is 0.462. The summed E-state index contributed by atoms with van der Waals surface area (Å²) in [5, 5.41) is 4.40. The first kappa shape index (κ1) is 16.4. The number of halogens is 6. The number of urea groups is 1. The maximum atomic E-state index is 12.6. The molecule has 1 saturated carbocycles. The third-order valence-corrected chi connectivity index (χ3v) is 3.09. The minimum atomic E-state index is -4.94. The number of hydrogen-bond acceptors (Lipinski definition) is 1. The lowest BCUT2D eigenvalue weighted by molar-refractivity contribution is -0.143. The summed E-state index contributed by atoms with van der Waals surface area (Å²) < 4.78 is 75.8. The SMILES string of the molecule is O=C(NCC1CC1)Nc1cc(C(F)(F)F)cc(C(F)(F)F)c1. The van der Waals surface area contributed by atoms with E-state index in [2.05, 4.69) is 5.32 Å². The summed E-state index contributed by atoms with van der Waals surface area (Å²) in [6.45, 7) is 0.344. The molecule has 1 aliphatic carbocycles. The van der Waals surface area contributed by atoms with Gasteiger partial charge in [-0.2, -0.15) is 26.3 Å². The van der Waals surface area contributed by atoms with Gasteiger partial charge in [-0.25, -0.2) is 4.79 Å². The quantitative estimate of drug-likeness (QED) is 0.801. The van der Waals surface area contributed by atoms with Gasteiger partial charge >= 0.3 is 18.4 Å². The van der Waals surface area contributed by atoms with Gasteiger partial charge in [0.2, 0.25) is 0 Å². The van der Waals surface area contributed by atoms with Gasteiger partial charge in [0.25, 0.3) is 0 Å². The molecule has 1 aromatic carbocycles. The van der Waals surface area contributed by atoms with Crippen LogP contribution in [0.15, 0.2) is 18.2 Å². The van der Waals surface area contributed by atoms with Gasteiger partial charge in [-0.05, 0) is 37.0 Å². The van der Waals surface area contributed by atoms with E-state index < -0.39 is 35.2 Å². The van der Waals surface area contributed by atoms with Crippen molar-refractivity contribution in [3.05, 3.63) is 29.3 Å². The molecule has 0 heterocycles. The molecule has 2 amide bonds. The number of alkyl halides is 6. The van der Waals surface area contributed by atoms with Crippen molar-refractivity contribution in [3.63, 3.8) is 0 Å². The van der Waals surface area contributed by atoms with E-state index in [-0.39, 0.29) is 6.07 Å². The standard InChI is InChI=1S/C13H12F6N2O/c14-12(15,16)8-3-9(13(17,18)19)5-10(4-8)21-11(22)20-6-7-1-2-7/h3-5,7H,1-2,6H2,(H2,20,21,22). The zero-order chi connectivity index (χ0) is 16.5. The topological polar surface area (TPSA) is 41.1 Å². The van der Waals surface area contributed by atoms with Crippen molar-refractivity contribution in [1.29, 1.82) is 0 Å². The highest BCUT2D eigenvalue weighted by molar-refractivity contribution is 5.89. The van der Waals surface area contributed by atoms with E-state index in [0.29, 0.717) is 24.6 Å². The molecule has 0 unspecified atom stereocenters. The lowest BCUT2D eigenvalue weighted by Gasteiger charge is -2.15. The number of anilines is 1. The Morgan fingerprint density at radius 2 is 1.50 bits per heavy atom. The van der Waals surface area contributed by atoms with Crippen molar-refractivity contribution >= 4 is 11.7 Å². The first-order valence-electron chi connectivity index (χ1n) is 6.40. The van der Waals surface area contributed by atoms with Crippen LogP contribution in [0, 0.1) is 5.92 Å². The summed E-state index contributed by atoms with van der Waals surface area (Å²) in [6.07, 6.45) is -7.99. The number of benzene rings is 1. The van der Waals surface area contributed by atoms with E-state index in [1.54, 1.807) is 0 Å². The zero-order valence-electron chi connectivity index (χ0n) is 11.1. The number of nitrogens with one attached hydrogen (secondary N) is 2. The lowest BCUT2D eigenvalue weighted by Crippen LogP contribution is -2.30. The second kappa shape index (κ2) is 5.69. The molecule has 0 saturated heterocycles. The summed E-state index contributed by atoms with van der Waals surface area (Å²) in [4.78, 5) is 11.5. The molecule has 9 heteroatoms. The van der Waals surface area contributed by atoms with E-state index in [4.69, 9.17) is 0 Å². The van der Waals surface area contributed by atoms with Crippen molar-refractivity contribution in [3.8, 4) is 0 Å². The van der Waals surface area contributed by atoms with E-state index in [1.807, 2.05) is 5.32 Å². The monoisotopic (exact) mass is 326 g/mol. The van der Waals surface area contributed by atoms with Crippen molar-refractivity contribution in [2.75, 3.05) is 11.9 Å². The van der Waals surface area contributed by atoms with Gasteiger partial charge in [0.1, 0.15) is 0 Å². The predicted octanol–water partition coefficient (Wildman–Crippen LogP) is 4.26. The molecule has 1 aromatic rings. The van der Waals surface area contributed by atoms with Crippen molar-refractivity contribution < 1.29 is 31.1 Å². The smallest absolute Gasteiger partial charge is 0.338 e. The molecular weight excluding hydrogens is 314 g/mol. The van der Waals surface area contributed by atoms with Crippen LogP contribution in [0.1, 0.15) is 24.0 Å². The second-order valence-corrected chi connectivity index (χ2v) is 5.07. The Hall–Kier alpha value is -1.93. The first-order chi connectivity index (χ1) is 10.1. The van der Waals surface area contributed by atoms with Crippen LogP contribution in [-0.4, -0.2) is 12.6 Å². The van der Waals surface area contributed by atoms with Gasteiger partial charge in [-0.3, -0.25) is 0 Å². The summed E-state index contributed by atoms with van der Waals surface area (Å²) >= 11 is 0. The summed E-state index contributed by atoms with van der Waals surface area (Å²) in [5.74, 6) is 0.331. The maximum absolute atomic E-state index is 12.6. The molecule has 0 radical (unpaired) electrons. The lowest BCUT2D eigenvalue weighted by atomic mass is 10.1. The Kier molecular flexibility index (Phi) is 4.25. The largest absolute Gasteiger partial charge is 0.416 e. The first-order valence-corrected chi connectivity index (χ1v) is 6.40.